The molecule has 1 heterocycles. The minimum Gasteiger partial charge on any atom is -0.378 e. The summed E-state index contributed by atoms with van der Waals surface area (Å²) in [4.78, 5) is 14.5. The lowest BCUT2D eigenvalue weighted by Crippen LogP contribution is -2.40. The standard InChI is InChI=1S/C18H23NO2/c20-17(19-9-11-21-12-10-19)15-4-5-16-14(13-15)3-1-2-6-18(16)7-8-18/h4-5,13H,1-3,6-12H2. The molecule has 1 amide bonds. The van der Waals surface area contributed by atoms with Crippen molar-refractivity contribution in [2.24, 2.45) is 0 Å². The third-order valence-corrected chi connectivity index (χ3v) is 5.43. The van der Waals surface area contributed by atoms with Crippen molar-refractivity contribution in [3.8, 4) is 0 Å². The van der Waals surface area contributed by atoms with Crippen LogP contribution in [0.5, 0.6) is 0 Å². The molecule has 4 rings (SSSR count). The van der Waals surface area contributed by atoms with Crippen LogP contribution in [0.3, 0.4) is 0 Å². The second kappa shape index (κ2) is 5.13. The van der Waals surface area contributed by atoms with Crippen LogP contribution < -0.4 is 0 Å². The van der Waals surface area contributed by atoms with E-state index >= 15 is 0 Å². The second-order valence-electron chi connectivity index (χ2n) is 6.76. The fourth-order valence-corrected chi connectivity index (χ4v) is 3.98. The van der Waals surface area contributed by atoms with E-state index < -0.39 is 0 Å². The summed E-state index contributed by atoms with van der Waals surface area (Å²) in [5.74, 6) is 0.176. The first kappa shape index (κ1) is 13.3. The third kappa shape index (κ3) is 2.38. The largest absolute Gasteiger partial charge is 0.378 e. The maximum absolute atomic E-state index is 12.6. The SMILES string of the molecule is O=C(c1ccc2c(c1)CCCCC21CC1)N1CCOCC1. The number of nitrogens with zero attached hydrogens (tertiary/aromatic N) is 1. The maximum atomic E-state index is 12.6. The molecule has 0 radical (unpaired) electrons. The van der Waals surface area contributed by atoms with Crippen LogP contribution >= 0.6 is 0 Å². The number of rotatable bonds is 1. The van der Waals surface area contributed by atoms with Gasteiger partial charge in [-0.2, -0.15) is 0 Å². The van der Waals surface area contributed by atoms with Crippen LogP contribution in [0.25, 0.3) is 0 Å². The fourth-order valence-electron chi connectivity index (χ4n) is 3.98. The number of ether oxygens (including phenoxy) is 1. The number of benzene rings is 1. The molecular weight excluding hydrogens is 262 g/mol. The molecule has 1 saturated heterocycles. The Bertz CT molecular complexity index is 556. The van der Waals surface area contributed by atoms with E-state index in [1.807, 2.05) is 4.90 Å². The summed E-state index contributed by atoms with van der Waals surface area (Å²) in [6.45, 7) is 2.78. The minimum absolute atomic E-state index is 0.176. The lowest BCUT2D eigenvalue weighted by molar-refractivity contribution is 0.0303. The van der Waals surface area contributed by atoms with Gasteiger partial charge in [0.2, 0.25) is 0 Å². The maximum Gasteiger partial charge on any atom is 0.254 e. The fraction of sp³-hybridized carbons (Fsp3) is 0.611. The van der Waals surface area contributed by atoms with Crippen molar-refractivity contribution in [2.75, 3.05) is 26.3 Å². The van der Waals surface area contributed by atoms with Gasteiger partial charge < -0.3 is 9.64 Å². The van der Waals surface area contributed by atoms with E-state index in [9.17, 15) is 4.79 Å². The Kier molecular flexibility index (Phi) is 3.26. The number of morpholine rings is 1. The molecule has 0 atom stereocenters. The first-order chi connectivity index (χ1) is 10.3. The quantitative estimate of drug-likeness (QED) is 0.794. The average Bonchev–Trinajstić information content (AvgIpc) is 3.34. The Hall–Kier alpha value is -1.35. The van der Waals surface area contributed by atoms with Crippen molar-refractivity contribution >= 4 is 5.91 Å². The van der Waals surface area contributed by atoms with Gasteiger partial charge in [0.25, 0.3) is 5.91 Å². The lowest BCUT2D eigenvalue weighted by atomic mass is 9.88. The lowest BCUT2D eigenvalue weighted by Gasteiger charge is -2.27. The van der Waals surface area contributed by atoms with Gasteiger partial charge in [-0.15, -0.1) is 0 Å². The van der Waals surface area contributed by atoms with Crippen LogP contribution in [-0.4, -0.2) is 37.1 Å². The van der Waals surface area contributed by atoms with Crippen LogP contribution in [-0.2, 0) is 16.6 Å². The smallest absolute Gasteiger partial charge is 0.254 e. The number of hydrogen-bond donors (Lipinski definition) is 0. The molecule has 0 bridgehead atoms. The molecule has 1 aromatic carbocycles. The molecule has 2 fully saturated rings. The van der Waals surface area contributed by atoms with E-state index in [0.29, 0.717) is 18.6 Å². The summed E-state index contributed by atoms with van der Waals surface area (Å²) in [5.41, 5.74) is 4.32. The Labute approximate surface area is 126 Å². The summed E-state index contributed by atoms with van der Waals surface area (Å²) in [5, 5.41) is 0. The number of carbonyl (C=O) groups is 1. The Balaban J connectivity index is 1.62. The normalized spacial score (nSPS) is 23.5. The summed E-state index contributed by atoms with van der Waals surface area (Å²) < 4.78 is 5.33. The van der Waals surface area contributed by atoms with Crippen LogP contribution in [0.4, 0.5) is 0 Å². The Morgan fingerprint density at radius 2 is 1.90 bits per heavy atom. The molecule has 1 spiro atoms. The van der Waals surface area contributed by atoms with Gasteiger partial charge in [0.1, 0.15) is 0 Å². The average molecular weight is 285 g/mol. The van der Waals surface area contributed by atoms with Crippen molar-refractivity contribution in [2.45, 2.75) is 43.9 Å². The second-order valence-corrected chi connectivity index (χ2v) is 6.76. The van der Waals surface area contributed by atoms with Crippen molar-refractivity contribution in [1.29, 1.82) is 0 Å². The minimum atomic E-state index is 0.176. The summed E-state index contributed by atoms with van der Waals surface area (Å²) >= 11 is 0. The van der Waals surface area contributed by atoms with Crippen LogP contribution in [0.2, 0.25) is 0 Å². The first-order valence-electron chi connectivity index (χ1n) is 8.29. The third-order valence-electron chi connectivity index (χ3n) is 5.43. The Morgan fingerprint density at radius 3 is 2.67 bits per heavy atom. The van der Waals surface area contributed by atoms with Crippen molar-refractivity contribution in [1.82, 2.24) is 4.90 Å². The van der Waals surface area contributed by atoms with Gasteiger partial charge in [0, 0.05) is 18.7 Å². The topological polar surface area (TPSA) is 29.5 Å². The van der Waals surface area contributed by atoms with Gasteiger partial charge in [0.15, 0.2) is 0 Å². The van der Waals surface area contributed by atoms with Gasteiger partial charge in [-0.1, -0.05) is 12.5 Å². The molecule has 1 aromatic rings. The highest BCUT2D eigenvalue weighted by Gasteiger charge is 2.45. The molecule has 1 saturated carbocycles. The zero-order valence-electron chi connectivity index (χ0n) is 12.6. The molecule has 0 N–H and O–H groups in total. The van der Waals surface area contributed by atoms with Gasteiger partial charge >= 0.3 is 0 Å². The van der Waals surface area contributed by atoms with E-state index in [-0.39, 0.29) is 5.91 Å². The van der Waals surface area contributed by atoms with E-state index in [2.05, 4.69) is 18.2 Å². The van der Waals surface area contributed by atoms with Crippen LogP contribution in [0.1, 0.15) is 53.6 Å². The van der Waals surface area contributed by atoms with Crippen LogP contribution in [0, 0.1) is 0 Å². The van der Waals surface area contributed by atoms with Gasteiger partial charge in [-0.05, 0) is 60.8 Å². The summed E-state index contributed by atoms with van der Waals surface area (Å²) in [7, 11) is 0. The van der Waals surface area contributed by atoms with E-state index in [4.69, 9.17) is 4.74 Å². The molecule has 0 unspecified atom stereocenters. The van der Waals surface area contributed by atoms with Crippen molar-refractivity contribution < 1.29 is 9.53 Å². The van der Waals surface area contributed by atoms with Crippen molar-refractivity contribution in [3.05, 3.63) is 34.9 Å². The van der Waals surface area contributed by atoms with Gasteiger partial charge in [-0.3, -0.25) is 4.79 Å². The number of hydrogen-bond acceptors (Lipinski definition) is 2. The van der Waals surface area contributed by atoms with E-state index in [1.165, 1.54) is 37.7 Å². The van der Waals surface area contributed by atoms with Crippen molar-refractivity contribution in [3.63, 3.8) is 0 Å². The number of fused-ring (bicyclic) bond motifs is 2. The summed E-state index contributed by atoms with van der Waals surface area (Å²) in [6, 6.07) is 6.49. The van der Waals surface area contributed by atoms with E-state index in [0.717, 1.165) is 25.1 Å². The molecule has 0 aromatic heterocycles. The first-order valence-corrected chi connectivity index (χ1v) is 8.29. The summed E-state index contributed by atoms with van der Waals surface area (Å²) in [6.07, 6.45) is 7.77. The molecule has 3 aliphatic rings. The highest BCUT2D eigenvalue weighted by molar-refractivity contribution is 5.94. The van der Waals surface area contributed by atoms with Crippen LogP contribution in [0.15, 0.2) is 18.2 Å². The molecule has 3 nitrogen and oxygen atoms in total. The number of carbonyl (C=O) groups excluding carboxylic acids is 1. The van der Waals surface area contributed by atoms with Gasteiger partial charge in [0.05, 0.1) is 13.2 Å². The molecule has 21 heavy (non-hydrogen) atoms. The highest BCUT2D eigenvalue weighted by atomic mass is 16.5. The molecule has 1 aliphatic heterocycles. The van der Waals surface area contributed by atoms with Gasteiger partial charge in [-0.25, -0.2) is 0 Å². The molecule has 112 valence electrons. The predicted molar refractivity (Wildman–Crippen MR) is 81.6 cm³/mol. The zero-order chi connectivity index (χ0) is 14.3. The monoisotopic (exact) mass is 285 g/mol. The molecule has 2 aliphatic carbocycles. The Morgan fingerprint density at radius 1 is 1.10 bits per heavy atom. The predicted octanol–water partition coefficient (Wildman–Crippen LogP) is 2.92. The number of aryl methyl sites for hydroxylation is 1. The number of amides is 1. The highest BCUT2D eigenvalue weighted by Crippen LogP contribution is 2.54. The molecule has 3 heteroatoms. The molecular formula is C18H23NO2. The zero-order valence-corrected chi connectivity index (χ0v) is 12.6. The van der Waals surface area contributed by atoms with E-state index in [1.54, 1.807) is 5.56 Å².